The molecule has 0 fully saturated rings. The molecule has 2 N–H and O–H groups in total. The van der Waals surface area contributed by atoms with E-state index in [4.69, 9.17) is 39.0 Å². The summed E-state index contributed by atoms with van der Waals surface area (Å²) in [4.78, 5) is 0.374. The summed E-state index contributed by atoms with van der Waals surface area (Å²) < 4.78 is 11.2. The average molecular weight is 322 g/mol. The second-order valence-electron chi connectivity index (χ2n) is 4.52. The number of hydrogen-bond acceptors (Lipinski definition) is 3. The number of hydrogen-bond donors (Lipinski definition) is 1. The van der Waals surface area contributed by atoms with Gasteiger partial charge in [0.2, 0.25) is 0 Å². The molecule has 0 aliphatic rings. The number of nitrogens with two attached hydrogens (primary N) is 1. The van der Waals surface area contributed by atoms with Crippen molar-refractivity contribution in [3.05, 3.63) is 58.6 Å². The maximum absolute atomic E-state index is 6.08. The molecule has 2 aromatic carbocycles. The lowest BCUT2D eigenvalue weighted by Gasteiger charge is -2.10. The van der Waals surface area contributed by atoms with Crippen LogP contribution in [0.1, 0.15) is 11.1 Å². The zero-order valence-corrected chi connectivity index (χ0v) is 13.2. The fourth-order valence-corrected chi connectivity index (χ4v) is 2.18. The summed E-state index contributed by atoms with van der Waals surface area (Å²) in [6, 6.07) is 13.0. The Morgan fingerprint density at radius 2 is 1.76 bits per heavy atom. The van der Waals surface area contributed by atoms with Gasteiger partial charge in [0, 0.05) is 5.56 Å². The lowest BCUT2D eigenvalue weighted by Crippen LogP contribution is -2.10. The largest absolute Gasteiger partial charge is 0.490 e. The third-order valence-corrected chi connectivity index (χ3v) is 3.37. The average Bonchev–Trinajstić information content (AvgIpc) is 2.46. The van der Waals surface area contributed by atoms with Gasteiger partial charge in [-0.15, -0.1) is 0 Å². The van der Waals surface area contributed by atoms with Gasteiger partial charge in [-0.3, -0.25) is 0 Å². The third-order valence-electron chi connectivity index (χ3n) is 2.84. The molecule has 0 atom stereocenters. The fraction of sp³-hybridized carbons (Fsp3) is 0.188. The number of thiocarbonyl (C=S) groups is 1. The van der Waals surface area contributed by atoms with Crippen LogP contribution in [0.2, 0.25) is 5.02 Å². The first-order valence-corrected chi connectivity index (χ1v) is 7.26. The lowest BCUT2D eigenvalue weighted by atomic mass is 10.2. The predicted molar refractivity (Wildman–Crippen MR) is 89.5 cm³/mol. The third kappa shape index (κ3) is 4.62. The van der Waals surface area contributed by atoms with Crippen LogP contribution in [-0.4, -0.2) is 18.2 Å². The molecule has 0 radical (unpaired) electrons. The molecule has 0 aromatic heterocycles. The van der Waals surface area contributed by atoms with E-state index in [2.05, 4.69) is 0 Å². The highest BCUT2D eigenvalue weighted by Gasteiger charge is 2.02. The fourth-order valence-electron chi connectivity index (χ4n) is 1.75. The highest BCUT2D eigenvalue weighted by molar-refractivity contribution is 7.80. The van der Waals surface area contributed by atoms with E-state index in [9.17, 15) is 0 Å². The van der Waals surface area contributed by atoms with Crippen LogP contribution in [0.3, 0.4) is 0 Å². The second-order valence-corrected chi connectivity index (χ2v) is 5.37. The molecule has 5 heteroatoms. The minimum Gasteiger partial charge on any atom is -0.490 e. The van der Waals surface area contributed by atoms with Gasteiger partial charge in [-0.1, -0.05) is 29.9 Å². The summed E-state index contributed by atoms with van der Waals surface area (Å²) in [5, 5.41) is 0.607. The van der Waals surface area contributed by atoms with Crippen molar-refractivity contribution in [3.8, 4) is 11.5 Å². The van der Waals surface area contributed by atoms with Crippen molar-refractivity contribution < 1.29 is 9.47 Å². The first kappa shape index (κ1) is 15.6. The highest BCUT2D eigenvalue weighted by Crippen LogP contribution is 2.25. The molecule has 2 aromatic rings. The molecule has 0 amide bonds. The van der Waals surface area contributed by atoms with E-state index in [1.807, 2.05) is 49.4 Å². The Bertz CT molecular complexity index is 629. The Morgan fingerprint density at radius 3 is 2.38 bits per heavy atom. The summed E-state index contributed by atoms with van der Waals surface area (Å²) in [7, 11) is 0. The number of aryl methyl sites for hydroxylation is 1. The lowest BCUT2D eigenvalue weighted by molar-refractivity contribution is 0.217. The highest BCUT2D eigenvalue weighted by atomic mass is 35.5. The van der Waals surface area contributed by atoms with Gasteiger partial charge in [-0.05, 0) is 48.9 Å². The monoisotopic (exact) mass is 321 g/mol. The van der Waals surface area contributed by atoms with E-state index in [0.717, 1.165) is 16.9 Å². The Kier molecular flexibility index (Phi) is 5.42. The zero-order chi connectivity index (χ0) is 15.2. The summed E-state index contributed by atoms with van der Waals surface area (Å²) in [5.74, 6) is 1.41. The molecule has 3 nitrogen and oxygen atoms in total. The predicted octanol–water partition coefficient (Wildman–Crippen LogP) is 3.74. The molecule has 0 heterocycles. The van der Waals surface area contributed by atoms with Crippen molar-refractivity contribution in [2.24, 2.45) is 5.73 Å². The van der Waals surface area contributed by atoms with E-state index >= 15 is 0 Å². The van der Waals surface area contributed by atoms with Crippen LogP contribution in [0.25, 0.3) is 0 Å². The summed E-state index contributed by atoms with van der Waals surface area (Å²) in [6.45, 7) is 2.83. The maximum Gasteiger partial charge on any atom is 0.138 e. The minimum atomic E-state index is 0.374. The first-order chi connectivity index (χ1) is 10.1. The summed E-state index contributed by atoms with van der Waals surface area (Å²) in [5.41, 5.74) is 7.45. The van der Waals surface area contributed by atoms with Gasteiger partial charge >= 0.3 is 0 Å². The van der Waals surface area contributed by atoms with Gasteiger partial charge in [-0.2, -0.15) is 0 Å². The molecule has 110 valence electrons. The van der Waals surface area contributed by atoms with Crippen molar-refractivity contribution in [3.63, 3.8) is 0 Å². The quantitative estimate of drug-likeness (QED) is 0.650. The van der Waals surface area contributed by atoms with Gasteiger partial charge in [0.25, 0.3) is 0 Å². The SMILES string of the molecule is Cc1ccc(OCCOc2ccc(C(N)=S)cc2)c(Cl)c1. The van der Waals surface area contributed by atoms with Crippen LogP contribution in [0, 0.1) is 6.92 Å². The van der Waals surface area contributed by atoms with Gasteiger partial charge < -0.3 is 15.2 Å². The minimum absolute atomic E-state index is 0.374. The van der Waals surface area contributed by atoms with Crippen molar-refractivity contribution in [2.75, 3.05) is 13.2 Å². The Morgan fingerprint density at radius 1 is 1.10 bits per heavy atom. The summed E-state index contributed by atoms with van der Waals surface area (Å²) in [6.07, 6.45) is 0. The van der Waals surface area contributed by atoms with Crippen molar-refractivity contribution in [1.29, 1.82) is 0 Å². The van der Waals surface area contributed by atoms with Crippen LogP contribution < -0.4 is 15.2 Å². The van der Waals surface area contributed by atoms with E-state index in [-0.39, 0.29) is 0 Å². The number of benzene rings is 2. The van der Waals surface area contributed by atoms with Crippen LogP contribution in [0.15, 0.2) is 42.5 Å². The number of rotatable bonds is 6. The van der Waals surface area contributed by atoms with E-state index < -0.39 is 0 Å². The molecular formula is C16H16ClNO2S. The molecule has 0 spiro atoms. The van der Waals surface area contributed by atoms with E-state index in [1.165, 1.54) is 0 Å². The Labute approximate surface area is 134 Å². The number of ether oxygens (including phenoxy) is 2. The summed E-state index contributed by atoms with van der Waals surface area (Å²) >= 11 is 11.0. The Balaban J connectivity index is 1.80. The molecule has 21 heavy (non-hydrogen) atoms. The van der Waals surface area contributed by atoms with E-state index in [0.29, 0.717) is 29.0 Å². The smallest absolute Gasteiger partial charge is 0.138 e. The van der Waals surface area contributed by atoms with Crippen molar-refractivity contribution in [1.82, 2.24) is 0 Å². The molecule has 2 rings (SSSR count). The second kappa shape index (κ2) is 7.29. The molecular weight excluding hydrogens is 306 g/mol. The maximum atomic E-state index is 6.08. The normalized spacial score (nSPS) is 10.2. The molecule has 0 aliphatic heterocycles. The standard InChI is InChI=1S/C16H16ClNO2S/c1-11-2-7-15(14(17)10-11)20-9-8-19-13-5-3-12(4-6-13)16(18)21/h2-7,10H,8-9H2,1H3,(H2,18,21). The number of halogens is 1. The van der Waals surface area contributed by atoms with E-state index in [1.54, 1.807) is 0 Å². The molecule has 0 aliphatic carbocycles. The zero-order valence-electron chi connectivity index (χ0n) is 11.6. The van der Waals surface area contributed by atoms with Crippen molar-refractivity contribution >= 4 is 28.8 Å². The van der Waals surface area contributed by atoms with Crippen LogP contribution >= 0.6 is 23.8 Å². The first-order valence-electron chi connectivity index (χ1n) is 6.48. The molecule has 0 saturated heterocycles. The van der Waals surface area contributed by atoms with Gasteiger partial charge in [0.05, 0.1) is 5.02 Å². The van der Waals surface area contributed by atoms with Gasteiger partial charge in [0.15, 0.2) is 0 Å². The molecule has 0 saturated carbocycles. The topological polar surface area (TPSA) is 44.5 Å². The van der Waals surface area contributed by atoms with Crippen LogP contribution in [0.5, 0.6) is 11.5 Å². The van der Waals surface area contributed by atoms with Crippen LogP contribution in [0.4, 0.5) is 0 Å². The molecule has 0 bridgehead atoms. The van der Waals surface area contributed by atoms with Crippen molar-refractivity contribution in [2.45, 2.75) is 6.92 Å². The Hall–Kier alpha value is -1.78. The van der Waals surface area contributed by atoms with Crippen LogP contribution in [-0.2, 0) is 0 Å². The molecule has 0 unspecified atom stereocenters. The van der Waals surface area contributed by atoms with Gasteiger partial charge in [0.1, 0.15) is 29.7 Å². The van der Waals surface area contributed by atoms with Gasteiger partial charge in [-0.25, -0.2) is 0 Å².